The SMILES string of the molecule is CCCn1cnc2[nH]c(=O)n(C3CCCC(O)C3)c(=O)c21. The number of aliphatic hydroxyl groups excluding tert-OH is 1. The van der Waals surface area contributed by atoms with Gasteiger partial charge in [-0.25, -0.2) is 9.78 Å². The van der Waals surface area contributed by atoms with Gasteiger partial charge in [0, 0.05) is 12.6 Å². The zero-order chi connectivity index (χ0) is 15.0. The molecule has 0 bridgehead atoms. The molecule has 2 heterocycles. The maximum Gasteiger partial charge on any atom is 0.330 e. The third-order valence-electron chi connectivity index (χ3n) is 4.15. The van der Waals surface area contributed by atoms with E-state index in [1.165, 1.54) is 4.57 Å². The zero-order valence-electron chi connectivity index (χ0n) is 12.1. The number of nitrogens with zero attached hydrogens (tertiary/aromatic N) is 3. The van der Waals surface area contributed by atoms with Gasteiger partial charge in [-0.2, -0.15) is 0 Å². The van der Waals surface area contributed by atoms with Crippen LogP contribution in [0, 0.1) is 0 Å². The number of aryl methyl sites for hydroxylation is 1. The third-order valence-corrected chi connectivity index (χ3v) is 4.15. The van der Waals surface area contributed by atoms with E-state index in [4.69, 9.17) is 0 Å². The summed E-state index contributed by atoms with van der Waals surface area (Å²) in [7, 11) is 0. The molecule has 2 aromatic heterocycles. The average Bonchev–Trinajstić information content (AvgIpc) is 2.82. The Kier molecular flexibility index (Phi) is 3.67. The first-order valence-corrected chi connectivity index (χ1v) is 7.49. The summed E-state index contributed by atoms with van der Waals surface area (Å²) >= 11 is 0. The third kappa shape index (κ3) is 2.42. The second kappa shape index (κ2) is 5.48. The van der Waals surface area contributed by atoms with Crippen molar-refractivity contribution in [2.24, 2.45) is 0 Å². The van der Waals surface area contributed by atoms with Crippen LogP contribution in [0.2, 0.25) is 0 Å². The monoisotopic (exact) mass is 292 g/mol. The van der Waals surface area contributed by atoms with Crippen LogP contribution in [0.15, 0.2) is 15.9 Å². The Morgan fingerprint density at radius 1 is 1.43 bits per heavy atom. The van der Waals surface area contributed by atoms with Crippen molar-refractivity contribution in [3.63, 3.8) is 0 Å². The molecule has 0 spiro atoms. The lowest BCUT2D eigenvalue weighted by Crippen LogP contribution is -2.41. The van der Waals surface area contributed by atoms with Crippen molar-refractivity contribution in [1.29, 1.82) is 0 Å². The molecule has 2 atom stereocenters. The van der Waals surface area contributed by atoms with Gasteiger partial charge in [0.25, 0.3) is 5.56 Å². The van der Waals surface area contributed by atoms with Gasteiger partial charge in [-0.1, -0.05) is 6.92 Å². The summed E-state index contributed by atoms with van der Waals surface area (Å²) < 4.78 is 3.04. The highest BCUT2D eigenvalue weighted by molar-refractivity contribution is 5.69. The largest absolute Gasteiger partial charge is 0.393 e. The molecule has 2 unspecified atom stereocenters. The Morgan fingerprint density at radius 2 is 2.24 bits per heavy atom. The van der Waals surface area contributed by atoms with Crippen LogP contribution in [-0.4, -0.2) is 30.3 Å². The number of fused-ring (bicyclic) bond motifs is 1. The van der Waals surface area contributed by atoms with E-state index in [0.717, 1.165) is 25.7 Å². The number of hydrogen-bond donors (Lipinski definition) is 2. The minimum absolute atomic E-state index is 0.237. The number of hydrogen-bond acceptors (Lipinski definition) is 4. The van der Waals surface area contributed by atoms with Gasteiger partial charge in [0.15, 0.2) is 11.2 Å². The number of rotatable bonds is 3. The van der Waals surface area contributed by atoms with Crippen molar-refractivity contribution in [2.45, 2.75) is 57.7 Å². The Hall–Kier alpha value is -1.89. The first-order valence-electron chi connectivity index (χ1n) is 7.49. The topological polar surface area (TPSA) is 92.9 Å². The number of aromatic nitrogens is 4. The average molecular weight is 292 g/mol. The molecule has 1 saturated carbocycles. The maximum atomic E-state index is 12.7. The van der Waals surface area contributed by atoms with Gasteiger partial charge in [-0.15, -0.1) is 0 Å². The molecule has 7 nitrogen and oxygen atoms in total. The molecule has 21 heavy (non-hydrogen) atoms. The number of aliphatic hydroxyl groups is 1. The molecule has 0 amide bonds. The van der Waals surface area contributed by atoms with E-state index in [-0.39, 0.29) is 11.6 Å². The molecule has 1 fully saturated rings. The molecule has 0 aliphatic heterocycles. The van der Waals surface area contributed by atoms with E-state index in [1.807, 2.05) is 6.92 Å². The molecule has 114 valence electrons. The molecule has 1 aliphatic rings. The maximum absolute atomic E-state index is 12.7. The van der Waals surface area contributed by atoms with Crippen LogP contribution in [0.3, 0.4) is 0 Å². The Balaban J connectivity index is 2.16. The van der Waals surface area contributed by atoms with E-state index in [9.17, 15) is 14.7 Å². The highest BCUT2D eigenvalue weighted by Gasteiger charge is 2.25. The normalized spacial score (nSPS) is 22.8. The van der Waals surface area contributed by atoms with Crippen LogP contribution < -0.4 is 11.2 Å². The predicted molar refractivity (Wildman–Crippen MR) is 78.4 cm³/mol. The molecule has 0 saturated heterocycles. The number of aromatic amines is 1. The summed E-state index contributed by atoms with van der Waals surface area (Å²) in [6.45, 7) is 2.71. The molecule has 3 rings (SSSR count). The van der Waals surface area contributed by atoms with Crippen molar-refractivity contribution >= 4 is 11.2 Å². The van der Waals surface area contributed by atoms with E-state index in [1.54, 1.807) is 10.9 Å². The second-order valence-corrected chi connectivity index (χ2v) is 5.71. The van der Waals surface area contributed by atoms with E-state index in [0.29, 0.717) is 24.1 Å². The van der Waals surface area contributed by atoms with Gasteiger partial charge in [0.2, 0.25) is 0 Å². The van der Waals surface area contributed by atoms with Crippen molar-refractivity contribution in [3.05, 3.63) is 27.2 Å². The quantitative estimate of drug-likeness (QED) is 0.874. The highest BCUT2D eigenvalue weighted by atomic mass is 16.3. The summed E-state index contributed by atoms with van der Waals surface area (Å²) in [5.74, 6) is 0. The molecular weight excluding hydrogens is 272 g/mol. The molecule has 7 heteroatoms. The van der Waals surface area contributed by atoms with Crippen LogP contribution in [0.1, 0.15) is 45.1 Å². The van der Waals surface area contributed by atoms with Crippen LogP contribution >= 0.6 is 0 Å². The predicted octanol–water partition coefficient (Wildman–Crippen LogP) is 0.772. The fourth-order valence-corrected chi connectivity index (χ4v) is 3.18. The first-order chi connectivity index (χ1) is 10.1. The van der Waals surface area contributed by atoms with E-state index >= 15 is 0 Å². The number of nitrogens with one attached hydrogen (secondary N) is 1. The summed E-state index contributed by atoms with van der Waals surface area (Å²) in [5.41, 5.74) is 0.0368. The van der Waals surface area contributed by atoms with Gasteiger partial charge in [0.05, 0.1) is 12.4 Å². The number of H-pyrrole nitrogens is 1. The minimum atomic E-state index is -0.439. The highest BCUT2D eigenvalue weighted by Crippen LogP contribution is 2.26. The van der Waals surface area contributed by atoms with Gasteiger partial charge < -0.3 is 9.67 Å². The molecular formula is C14H20N4O3. The summed E-state index contributed by atoms with van der Waals surface area (Å²) in [4.78, 5) is 31.7. The smallest absolute Gasteiger partial charge is 0.330 e. The van der Waals surface area contributed by atoms with Crippen molar-refractivity contribution < 1.29 is 5.11 Å². The second-order valence-electron chi connectivity index (χ2n) is 5.71. The molecule has 0 radical (unpaired) electrons. The Bertz CT molecular complexity index is 758. The fraction of sp³-hybridized carbons (Fsp3) is 0.643. The van der Waals surface area contributed by atoms with Gasteiger partial charge >= 0.3 is 5.69 Å². The Labute approximate surface area is 121 Å². The van der Waals surface area contributed by atoms with E-state index in [2.05, 4.69) is 9.97 Å². The fourth-order valence-electron chi connectivity index (χ4n) is 3.18. The molecule has 1 aliphatic carbocycles. The van der Waals surface area contributed by atoms with Gasteiger partial charge in [-0.3, -0.25) is 14.3 Å². The van der Waals surface area contributed by atoms with Crippen molar-refractivity contribution in [3.8, 4) is 0 Å². The lowest BCUT2D eigenvalue weighted by molar-refractivity contribution is 0.102. The molecule has 0 aromatic carbocycles. The van der Waals surface area contributed by atoms with Crippen molar-refractivity contribution in [1.82, 2.24) is 19.1 Å². The Morgan fingerprint density at radius 3 is 2.95 bits per heavy atom. The first kappa shape index (κ1) is 14.1. The van der Waals surface area contributed by atoms with Crippen LogP contribution in [0.4, 0.5) is 0 Å². The van der Waals surface area contributed by atoms with E-state index < -0.39 is 11.8 Å². The minimum Gasteiger partial charge on any atom is -0.393 e. The van der Waals surface area contributed by atoms with Crippen LogP contribution in [0.5, 0.6) is 0 Å². The lowest BCUT2D eigenvalue weighted by Gasteiger charge is -2.26. The molecule has 2 N–H and O–H groups in total. The van der Waals surface area contributed by atoms with Gasteiger partial charge in [-0.05, 0) is 32.1 Å². The summed E-state index contributed by atoms with van der Waals surface area (Å²) in [6, 6.07) is -0.237. The summed E-state index contributed by atoms with van der Waals surface area (Å²) in [6.07, 6.45) is 4.79. The number of imidazole rings is 1. The lowest BCUT2D eigenvalue weighted by atomic mass is 9.93. The summed E-state index contributed by atoms with van der Waals surface area (Å²) in [5, 5.41) is 9.79. The zero-order valence-corrected chi connectivity index (χ0v) is 12.1. The van der Waals surface area contributed by atoms with Gasteiger partial charge in [0.1, 0.15) is 0 Å². The van der Waals surface area contributed by atoms with Crippen LogP contribution in [-0.2, 0) is 6.54 Å². The standard InChI is InChI=1S/C14H20N4O3/c1-2-6-17-8-15-12-11(17)13(20)18(14(21)16-12)9-4-3-5-10(19)7-9/h8-10,19H,2-7H2,1H3,(H,16,21). The van der Waals surface area contributed by atoms with Crippen molar-refractivity contribution in [2.75, 3.05) is 0 Å². The molecule has 2 aromatic rings. The van der Waals surface area contributed by atoms with Crippen LogP contribution in [0.25, 0.3) is 11.2 Å².